The first-order valence-corrected chi connectivity index (χ1v) is 9.76. The van der Waals surface area contributed by atoms with Crippen LogP contribution < -0.4 is 5.32 Å². The van der Waals surface area contributed by atoms with Crippen molar-refractivity contribution in [3.63, 3.8) is 0 Å². The zero-order chi connectivity index (χ0) is 14.8. The zero-order valence-corrected chi connectivity index (χ0v) is 14.4. The third-order valence-electron chi connectivity index (χ3n) is 5.85. The molecule has 1 N–H and O–H groups in total. The second-order valence-electron chi connectivity index (χ2n) is 7.19. The van der Waals surface area contributed by atoms with Crippen molar-refractivity contribution in [3.8, 4) is 0 Å². The van der Waals surface area contributed by atoms with Crippen LogP contribution in [-0.2, 0) is 4.74 Å². The van der Waals surface area contributed by atoms with Crippen LogP contribution >= 0.6 is 11.8 Å². The van der Waals surface area contributed by atoms with Gasteiger partial charge in [-0.25, -0.2) is 0 Å². The molecule has 21 heavy (non-hydrogen) atoms. The van der Waals surface area contributed by atoms with Crippen molar-refractivity contribution < 1.29 is 4.74 Å². The molecule has 2 fully saturated rings. The minimum atomic E-state index is 0.0997. The van der Waals surface area contributed by atoms with E-state index < -0.39 is 0 Å². The molecule has 1 spiro atoms. The fourth-order valence-electron chi connectivity index (χ4n) is 4.14. The Kier molecular flexibility index (Phi) is 4.84. The van der Waals surface area contributed by atoms with Crippen LogP contribution in [0, 0.1) is 5.41 Å². The maximum absolute atomic E-state index is 6.07. The molecule has 3 nitrogen and oxygen atoms in total. The summed E-state index contributed by atoms with van der Waals surface area (Å²) in [5, 5.41) is 4.92. The molecule has 1 saturated carbocycles. The van der Waals surface area contributed by atoms with Gasteiger partial charge in [-0.15, -0.1) is 0 Å². The van der Waals surface area contributed by atoms with Gasteiger partial charge in [0.15, 0.2) is 5.17 Å². The fraction of sp³-hybridized carbons (Fsp3) is 0.941. The largest absolute Gasteiger partial charge is 0.375 e. The summed E-state index contributed by atoms with van der Waals surface area (Å²) in [7, 11) is 0. The Balaban J connectivity index is 1.56. The lowest BCUT2D eigenvalue weighted by Crippen LogP contribution is -2.48. The number of nitrogens with zero attached hydrogens (tertiary/aromatic N) is 1. The van der Waals surface area contributed by atoms with Crippen molar-refractivity contribution in [1.82, 2.24) is 5.32 Å². The van der Waals surface area contributed by atoms with Crippen LogP contribution in [-0.4, -0.2) is 35.7 Å². The van der Waals surface area contributed by atoms with Gasteiger partial charge in [0.2, 0.25) is 0 Å². The molecule has 120 valence electrons. The molecule has 2 heterocycles. The monoisotopic (exact) mass is 310 g/mol. The Hall–Kier alpha value is -0.220. The van der Waals surface area contributed by atoms with Gasteiger partial charge in [-0.3, -0.25) is 4.99 Å². The van der Waals surface area contributed by atoms with E-state index in [1.165, 1.54) is 36.6 Å². The van der Waals surface area contributed by atoms with Gasteiger partial charge >= 0.3 is 0 Å². The highest BCUT2D eigenvalue weighted by Gasteiger charge is 2.38. The van der Waals surface area contributed by atoms with E-state index in [1.54, 1.807) is 0 Å². The maximum atomic E-state index is 6.07. The quantitative estimate of drug-likeness (QED) is 0.856. The molecule has 0 aromatic heterocycles. The van der Waals surface area contributed by atoms with E-state index in [2.05, 4.69) is 19.2 Å². The molecule has 1 unspecified atom stereocenters. The van der Waals surface area contributed by atoms with E-state index in [0.29, 0.717) is 11.5 Å². The molecule has 0 radical (unpaired) electrons. The van der Waals surface area contributed by atoms with Gasteiger partial charge in [-0.2, -0.15) is 0 Å². The first-order valence-electron chi connectivity index (χ1n) is 8.77. The second-order valence-corrected chi connectivity index (χ2v) is 8.15. The van der Waals surface area contributed by atoms with Crippen LogP contribution in [0.25, 0.3) is 0 Å². The number of amidine groups is 1. The van der Waals surface area contributed by atoms with Crippen molar-refractivity contribution in [1.29, 1.82) is 0 Å². The standard InChI is InChI=1S/C17H30N2OS/c1-3-17(4-2)11-14(7-10-20-17)19-15-18-12-16(13-21-15)8-5-6-9-16/h14H,3-13H2,1-2H3,(H,18,19). The highest BCUT2D eigenvalue weighted by molar-refractivity contribution is 8.13. The average Bonchev–Trinajstić information content (AvgIpc) is 2.98. The third kappa shape index (κ3) is 3.42. The SMILES string of the molecule is CCC1(CC)CC(NC2=NCC3(CCCC3)CS2)CCO1. The van der Waals surface area contributed by atoms with E-state index >= 15 is 0 Å². The number of hydrogen-bond acceptors (Lipinski definition) is 4. The zero-order valence-electron chi connectivity index (χ0n) is 13.6. The molecule has 0 aromatic rings. The normalized spacial score (nSPS) is 31.1. The number of nitrogens with one attached hydrogen (secondary N) is 1. The van der Waals surface area contributed by atoms with Gasteiger partial charge in [-0.1, -0.05) is 38.5 Å². The van der Waals surface area contributed by atoms with Gasteiger partial charge < -0.3 is 10.1 Å². The highest BCUT2D eigenvalue weighted by Crippen LogP contribution is 2.43. The van der Waals surface area contributed by atoms with Gasteiger partial charge in [0, 0.05) is 24.9 Å². The Labute approximate surface area is 133 Å². The molecular weight excluding hydrogens is 280 g/mol. The summed E-state index contributed by atoms with van der Waals surface area (Å²) >= 11 is 1.97. The Morgan fingerprint density at radius 1 is 1.29 bits per heavy atom. The molecule has 1 aliphatic carbocycles. The molecule has 1 atom stereocenters. The van der Waals surface area contributed by atoms with Gasteiger partial charge in [0.1, 0.15) is 0 Å². The molecule has 1 saturated heterocycles. The smallest absolute Gasteiger partial charge is 0.156 e. The molecule has 0 bridgehead atoms. The lowest BCUT2D eigenvalue weighted by molar-refractivity contribution is -0.0909. The first-order chi connectivity index (χ1) is 10.2. The Bertz CT molecular complexity index is 386. The van der Waals surface area contributed by atoms with Crippen molar-refractivity contribution in [3.05, 3.63) is 0 Å². The van der Waals surface area contributed by atoms with E-state index in [4.69, 9.17) is 9.73 Å². The second kappa shape index (κ2) is 6.49. The molecular formula is C17H30N2OS. The lowest BCUT2D eigenvalue weighted by Gasteiger charge is -2.41. The van der Waals surface area contributed by atoms with Crippen LogP contribution in [0.3, 0.4) is 0 Å². The van der Waals surface area contributed by atoms with Gasteiger partial charge in [0.05, 0.1) is 5.60 Å². The van der Waals surface area contributed by atoms with Crippen LogP contribution in [0.2, 0.25) is 0 Å². The maximum Gasteiger partial charge on any atom is 0.156 e. The van der Waals surface area contributed by atoms with E-state index in [0.717, 1.165) is 38.8 Å². The van der Waals surface area contributed by atoms with Crippen molar-refractivity contribution in [2.45, 2.75) is 76.9 Å². The Morgan fingerprint density at radius 2 is 2.05 bits per heavy atom. The number of thioether (sulfide) groups is 1. The Morgan fingerprint density at radius 3 is 2.67 bits per heavy atom. The molecule has 0 amide bonds. The van der Waals surface area contributed by atoms with Gasteiger partial charge in [-0.05, 0) is 43.9 Å². The van der Waals surface area contributed by atoms with Crippen molar-refractivity contribution in [2.75, 3.05) is 18.9 Å². The predicted molar refractivity (Wildman–Crippen MR) is 91.1 cm³/mol. The third-order valence-corrected chi connectivity index (χ3v) is 7.12. The fourth-order valence-corrected chi connectivity index (χ4v) is 5.36. The minimum Gasteiger partial charge on any atom is -0.375 e. The van der Waals surface area contributed by atoms with Crippen LogP contribution in [0.4, 0.5) is 0 Å². The molecule has 2 aliphatic heterocycles. The van der Waals surface area contributed by atoms with Crippen LogP contribution in [0.15, 0.2) is 4.99 Å². The van der Waals surface area contributed by atoms with Gasteiger partial charge in [0.25, 0.3) is 0 Å². The predicted octanol–water partition coefficient (Wildman–Crippen LogP) is 3.98. The van der Waals surface area contributed by atoms with Crippen molar-refractivity contribution >= 4 is 16.9 Å². The topological polar surface area (TPSA) is 33.6 Å². The molecule has 3 aliphatic rings. The number of ether oxygens (including phenoxy) is 1. The highest BCUT2D eigenvalue weighted by atomic mass is 32.2. The lowest BCUT2D eigenvalue weighted by atomic mass is 9.86. The average molecular weight is 311 g/mol. The van der Waals surface area contributed by atoms with Crippen molar-refractivity contribution in [2.24, 2.45) is 10.4 Å². The summed E-state index contributed by atoms with van der Waals surface area (Å²) in [6, 6.07) is 0.544. The summed E-state index contributed by atoms with van der Waals surface area (Å²) in [6.45, 7) is 6.45. The molecule has 3 rings (SSSR count). The summed E-state index contributed by atoms with van der Waals surface area (Å²) in [6.07, 6.45) is 10.1. The summed E-state index contributed by atoms with van der Waals surface area (Å²) in [5.41, 5.74) is 0.643. The summed E-state index contributed by atoms with van der Waals surface area (Å²) in [4.78, 5) is 4.89. The molecule has 0 aromatic carbocycles. The van der Waals surface area contributed by atoms with E-state index in [1.807, 2.05) is 11.8 Å². The van der Waals surface area contributed by atoms with E-state index in [9.17, 15) is 0 Å². The number of hydrogen-bond donors (Lipinski definition) is 1. The van der Waals surface area contributed by atoms with E-state index in [-0.39, 0.29) is 5.60 Å². The van der Waals surface area contributed by atoms with Crippen LogP contribution in [0.1, 0.15) is 65.2 Å². The minimum absolute atomic E-state index is 0.0997. The summed E-state index contributed by atoms with van der Waals surface area (Å²) < 4.78 is 6.07. The number of rotatable bonds is 3. The van der Waals surface area contributed by atoms with Crippen LogP contribution in [0.5, 0.6) is 0 Å². The number of aliphatic imine (C=N–C) groups is 1. The molecule has 4 heteroatoms. The first kappa shape index (κ1) is 15.7. The summed E-state index contributed by atoms with van der Waals surface area (Å²) in [5.74, 6) is 1.27.